The Bertz CT molecular complexity index is 600. The van der Waals surface area contributed by atoms with E-state index in [1.54, 1.807) is 0 Å². The Labute approximate surface area is 140 Å². The van der Waals surface area contributed by atoms with E-state index in [0.717, 1.165) is 28.1 Å². The number of hydrogen-bond donors (Lipinski definition) is 1. The highest BCUT2D eigenvalue weighted by Crippen LogP contribution is 2.66. The first-order valence-corrected chi connectivity index (χ1v) is 8.72. The second-order valence-electron chi connectivity index (χ2n) is 7.22. The highest BCUT2D eigenvalue weighted by atomic mass is 79.9. The minimum absolute atomic E-state index is 0.234. The van der Waals surface area contributed by atoms with Gasteiger partial charge in [0.2, 0.25) is 0 Å². The second kappa shape index (κ2) is 4.95. The number of benzene rings is 1. The van der Waals surface area contributed by atoms with Crippen LogP contribution >= 0.6 is 28.1 Å². The second-order valence-corrected chi connectivity index (χ2v) is 8.58. The summed E-state index contributed by atoms with van der Waals surface area (Å²) in [5.74, 6) is 1.58. The standard InChI is InChI=1S/C17H22BrNOS/c1-16(2)10-6-7-17(16,3)14(8-10)20-13-5-4-11(18)9-12(13)15(19)21/h4-5,9-10,14H,6-8H2,1-3H3,(H2,19,21). The summed E-state index contributed by atoms with van der Waals surface area (Å²) in [4.78, 5) is 0.388. The van der Waals surface area contributed by atoms with Gasteiger partial charge in [-0.25, -0.2) is 0 Å². The molecule has 2 fully saturated rings. The van der Waals surface area contributed by atoms with E-state index in [9.17, 15) is 0 Å². The molecule has 2 N–H and O–H groups in total. The first-order chi connectivity index (χ1) is 9.75. The zero-order chi connectivity index (χ0) is 15.4. The Kier molecular flexibility index (Phi) is 3.61. The van der Waals surface area contributed by atoms with Crippen LogP contribution in [0.2, 0.25) is 0 Å². The molecule has 2 aliphatic carbocycles. The molecule has 0 aromatic heterocycles. The maximum atomic E-state index is 6.41. The van der Waals surface area contributed by atoms with E-state index in [-0.39, 0.29) is 11.5 Å². The summed E-state index contributed by atoms with van der Waals surface area (Å²) in [5, 5.41) is 0. The monoisotopic (exact) mass is 367 g/mol. The minimum atomic E-state index is 0.234. The molecule has 1 aromatic carbocycles. The third kappa shape index (κ3) is 2.22. The molecule has 2 nitrogen and oxygen atoms in total. The number of fused-ring (bicyclic) bond motifs is 2. The van der Waals surface area contributed by atoms with Crippen molar-refractivity contribution in [3.63, 3.8) is 0 Å². The van der Waals surface area contributed by atoms with Crippen LogP contribution in [0.3, 0.4) is 0 Å². The van der Waals surface area contributed by atoms with Crippen molar-refractivity contribution in [2.24, 2.45) is 22.5 Å². The summed E-state index contributed by atoms with van der Waals surface area (Å²) in [5.41, 5.74) is 7.25. The molecule has 0 saturated heterocycles. The van der Waals surface area contributed by atoms with Gasteiger partial charge in [-0.15, -0.1) is 0 Å². The maximum absolute atomic E-state index is 6.41. The fourth-order valence-electron chi connectivity index (χ4n) is 4.26. The van der Waals surface area contributed by atoms with Crippen LogP contribution in [-0.2, 0) is 0 Å². The molecule has 3 rings (SSSR count). The van der Waals surface area contributed by atoms with E-state index in [1.165, 1.54) is 12.8 Å². The molecule has 0 radical (unpaired) electrons. The molecule has 3 atom stereocenters. The smallest absolute Gasteiger partial charge is 0.130 e. The van der Waals surface area contributed by atoms with Gasteiger partial charge >= 0.3 is 0 Å². The molecule has 3 unspecified atom stereocenters. The molecule has 4 heteroatoms. The number of thiocarbonyl (C=S) groups is 1. The number of rotatable bonds is 3. The molecular formula is C17H22BrNOS. The topological polar surface area (TPSA) is 35.2 Å². The highest BCUT2D eigenvalue weighted by molar-refractivity contribution is 9.10. The SMILES string of the molecule is CC1(C)C2CCC1(C)C(Oc1ccc(Br)cc1C(N)=S)C2. The van der Waals surface area contributed by atoms with Gasteiger partial charge in [-0.3, -0.25) is 0 Å². The van der Waals surface area contributed by atoms with Crippen LogP contribution in [0, 0.1) is 16.7 Å². The van der Waals surface area contributed by atoms with Crippen molar-refractivity contribution in [3.05, 3.63) is 28.2 Å². The van der Waals surface area contributed by atoms with E-state index in [4.69, 9.17) is 22.7 Å². The number of hydrogen-bond acceptors (Lipinski definition) is 2. The Balaban J connectivity index is 1.91. The third-order valence-electron chi connectivity index (χ3n) is 6.19. The fraction of sp³-hybridized carbons (Fsp3) is 0.588. The lowest BCUT2D eigenvalue weighted by Gasteiger charge is -2.39. The zero-order valence-corrected chi connectivity index (χ0v) is 15.2. The predicted molar refractivity (Wildman–Crippen MR) is 93.7 cm³/mol. The van der Waals surface area contributed by atoms with Crippen molar-refractivity contribution in [1.82, 2.24) is 0 Å². The summed E-state index contributed by atoms with van der Waals surface area (Å²) in [6.45, 7) is 7.16. The molecule has 0 aliphatic heterocycles. The Hall–Kier alpha value is -0.610. The van der Waals surface area contributed by atoms with Crippen LogP contribution < -0.4 is 10.5 Å². The largest absolute Gasteiger partial charge is 0.489 e. The molecule has 0 heterocycles. The normalized spacial score (nSPS) is 33.1. The molecule has 2 bridgehead atoms. The molecule has 2 saturated carbocycles. The molecule has 114 valence electrons. The average molecular weight is 368 g/mol. The molecule has 2 aliphatic rings. The van der Waals surface area contributed by atoms with Gasteiger partial charge in [0.15, 0.2) is 0 Å². The molecule has 1 aromatic rings. The van der Waals surface area contributed by atoms with Gasteiger partial charge in [0.1, 0.15) is 16.8 Å². The van der Waals surface area contributed by atoms with E-state index in [0.29, 0.717) is 10.4 Å². The summed E-state index contributed by atoms with van der Waals surface area (Å²) in [6, 6.07) is 5.90. The van der Waals surface area contributed by atoms with Gasteiger partial charge < -0.3 is 10.5 Å². The maximum Gasteiger partial charge on any atom is 0.130 e. The first kappa shape index (κ1) is 15.3. The van der Waals surface area contributed by atoms with Gasteiger partial charge in [-0.2, -0.15) is 0 Å². The van der Waals surface area contributed by atoms with Crippen molar-refractivity contribution in [2.75, 3.05) is 0 Å². The van der Waals surface area contributed by atoms with Crippen molar-refractivity contribution >= 4 is 33.1 Å². The van der Waals surface area contributed by atoms with Gasteiger partial charge in [0, 0.05) is 9.89 Å². The summed E-state index contributed by atoms with van der Waals surface area (Å²) >= 11 is 8.63. The summed E-state index contributed by atoms with van der Waals surface area (Å²) in [6.07, 6.45) is 3.96. The van der Waals surface area contributed by atoms with Crippen LogP contribution in [-0.4, -0.2) is 11.1 Å². The van der Waals surface area contributed by atoms with Crippen LogP contribution in [0.25, 0.3) is 0 Å². The van der Waals surface area contributed by atoms with Gasteiger partial charge in [-0.1, -0.05) is 48.9 Å². The molecular weight excluding hydrogens is 346 g/mol. The van der Waals surface area contributed by atoms with Crippen molar-refractivity contribution in [3.8, 4) is 5.75 Å². The van der Waals surface area contributed by atoms with Gasteiger partial charge in [0.25, 0.3) is 0 Å². The highest BCUT2D eigenvalue weighted by Gasteiger charge is 2.62. The minimum Gasteiger partial charge on any atom is -0.489 e. The van der Waals surface area contributed by atoms with Crippen LogP contribution in [0.15, 0.2) is 22.7 Å². The lowest BCUT2D eigenvalue weighted by atomic mass is 9.70. The quantitative estimate of drug-likeness (QED) is 0.787. The number of nitrogens with two attached hydrogens (primary N) is 1. The molecule has 21 heavy (non-hydrogen) atoms. The number of ether oxygens (including phenoxy) is 1. The van der Waals surface area contributed by atoms with E-state index >= 15 is 0 Å². The molecule has 0 amide bonds. The summed E-state index contributed by atoms with van der Waals surface area (Å²) in [7, 11) is 0. The summed E-state index contributed by atoms with van der Waals surface area (Å²) < 4.78 is 7.38. The Morgan fingerprint density at radius 2 is 2.10 bits per heavy atom. The zero-order valence-electron chi connectivity index (χ0n) is 12.8. The Morgan fingerprint density at radius 3 is 2.62 bits per heavy atom. The predicted octanol–water partition coefficient (Wildman–Crippen LogP) is 4.68. The van der Waals surface area contributed by atoms with Crippen molar-refractivity contribution < 1.29 is 4.74 Å². The number of halogens is 1. The van der Waals surface area contributed by atoms with Crippen molar-refractivity contribution in [1.29, 1.82) is 0 Å². The van der Waals surface area contributed by atoms with E-state index in [1.807, 2.05) is 18.2 Å². The van der Waals surface area contributed by atoms with E-state index in [2.05, 4.69) is 36.7 Å². The first-order valence-electron chi connectivity index (χ1n) is 7.52. The molecule has 0 spiro atoms. The van der Waals surface area contributed by atoms with Gasteiger partial charge in [0.05, 0.1) is 5.56 Å². The average Bonchev–Trinajstić information content (AvgIpc) is 2.73. The lowest BCUT2D eigenvalue weighted by molar-refractivity contribution is 0.0301. The van der Waals surface area contributed by atoms with E-state index < -0.39 is 0 Å². The van der Waals surface area contributed by atoms with Crippen LogP contribution in [0.1, 0.15) is 45.6 Å². The fourth-order valence-corrected chi connectivity index (χ4v) is 4.78. The van der Waals surface area contributed by atoms with Gasteiger partial charge in [-0.05, 0) is 48.8 Å². The Morgan fingerprint density at radius 1 is 1.38 bits per heavy atom. The van der Waals surface area contributed by atoms with Crippen LogP contribution in [0.5, 0.6) is 5.75 Å². The lowest BCUT2D eigenvalue weighted by Crippen LogP contribution is -2.39. The van der Waals surface area contributed by atoms with Crippen molar-refractivity contribution in [2.45, 2.75) is 46.1 Å². The van der Waals surface area contributed by atoms with Crippen LogP contribution in [0.4, 0.5) is 0 Å². The third-order valence-corrected chi connectivity index (χ3v) is 6.90.